The average molecular weight is 588 g/mol. The van der Waals surface area contributed by atoms with Crippen LogP contribution in [0.4, 0.5) is 19.3 Å². The lowest BCUT2D eigenvalue weighted by Crippen LogP contribution is -2.47. The van der Waals surface area contributed by atoms with Crippen LogP contribution in [0.3, 0.4) is 0 Å². The Bertz CT molecular complexity index is 1240. The number of aliphatic hydroxyl groups excluding tert-OH is 1. The maximum absolute atomic E-state index is 14.0. The summed E-state index contributed by atoms with van der Waals surface area (Å²) in [6.45, 7) is 5.95. The van der Waals surface area contributed by atoms with Gasteiger partial charge in [-0.05, 0) is 47.9 Å². The van der Waals surface area contributed by atoms with Crippen molar-refractivity contribution in [1.29, 1.82) is 5.41 Å². The van der Waals surface area contributed by atoms with Gasteiger partial charge in [-0.25, -0.2) is 13.6 Å². The summed E-state index contributed by atoms with van der Waals surface area (Å²) in [6.07, 6.45) is 8.50. The van der Waals surface area contributed by atoms with Gasteiger partial charge in [-0.1, -0.05) is 39.5 Å². The fourth-order valence-corrected chi connectivity index (χ4v) is 5.80. The van der Waals surface area contributed by atoms with Gasteiger partial charge in [-0.2, -0.15) is 5.10 Å². The molecule has 2 aromatic rings. The van der Waals surface area contributed by atoms with Crippen molar-refractivity contribution in [2.45, 2.75) is 65.2 Å². The number of anilines is 1. The molecule has 2 amide bonds. The van der Waals surface area contributed by atoms with Crippen LogP contribution >= 0.6 is 0 Å². The van der Waals surface area contributed by atoms with E-state index >= 15 is 0 Å². The molecule has 11 heteroatoms. The molecule has 2 aliphatic heterocycles. The van der Waals surface area contributed by atoms with Crippen LogP contribution in [0.1, 0.15) is 69.9 Å². The number of hydrogen-bond acceptors (Lipinski definition) is 5. The molecule has 0 bridgehead atoms. The second-order valence-corrected chi connectivity index (χ2v) is 11.5. The fourth-order valence-electron chi connectivity index (χ4n) is 5.80. The Kier molecular flexibility index (Phi) is 11.9. The van der Waals surface area contributed by atoms with Crippen LogP contribution in [0.15, 0.2) is 35.8 Å². The minimum absolute atomic E-state index is 0.0889. The minimum Gasteiger partial charge on any atom is -0.402 e. The number of aliphatic hydroxyl groups is 1. The zero-order valence-corrected chi connectivity index (χ0v) is 25.6. The van der Waals surface area contributed by atoms with E-state index < -0.39 is 6.43 Å². The van der Waals surface area contributed by atoms with Gasteiger partial charge in [0.1, 0.15) is 5.84 Å². The predicted molar refractivity (Wildman–Crippen MR) is 164 cm³/mol. The van der Waals surface area contributed by atoms with Gasteiger partial charge >= 0.3 is 6.03 Å². The van der Waals surface area contributed by atoms with Crippen molar-refractivity contribution < 1.29 is 18.7 Å². The summed E-state index contributed by atoms with van der Waals surface area (Å²) in [5.41, 5.74) is 9.84. The largest absolute Gasteiger partial charge is 0.402 e. The van der Waals surface area contributed by atoms with Gasteiger partial charge in [0.15, 0.2) is 0 Å². The number of aryl methyl sites for hydroxylation is 2. The van der Waals surface area contributed by atoms with E-state index in [0.29, 0.717) is 47.6 Å². The molecule has 1 aromatic carbocycles. The Hall–Kier alpha value is -3.47. The molecule has 0 unspecified atom stereocenters. The van der Waals surface area contributed by atoms with E-state index in [1.165, 1.54) is 31.7 Å². The highest BCUT2D eigenvalue weighted by atomic mass is 19.3. The quantitative estimate of drug-likeness (QED) is 0.281. The number of nitrogens with zero attached hydrogens (tertiary/aromatic N) is 4. The van der Waals surface area contributed by atoms with Crippen molar-refractivity contribution in [3.05, 3.63) is 46.9 Å². The first-order chi connectivity index (χ1) is 20.1. The predicted octanol–water partition coefficient (Wildman–Crippen LogP) is 5.45. The number of aromatic nitrogens is 2. The number of nitrogens with two attached hydrogens (primary N) is 1. The van der Waals surface area contributed by atoms with Crippen LogP contribution in [-0.4, -0.2) is 65.4 Å². The second-order valence-electron chi connectivity index (χ2n) is 11.5. The smallest absolute Gasteiger partial charge is 0.317 e. The van der Waals surface area contributed by atoms with Crippen LogP contribution in [0.5, 0.6) is 0 Å². The fraction of sp³-hybridized carbons (Fsp3) is 0.581. The molecule has 0 atom stereocenters. The Labute approximate surface area is 248 Å². The molecule has 42 heavy (non-hydrogen) atoms. The Morgan fingerprint density at radius 1 is 1.12 bits per heavy atom. The lowest BCUT2D eigenvalue weighted by Gasteiger charge is -2.36. The molecule has 0 saturated heterocycles. The van der Waals surface area contributed by atoms with Crippen molar-refractivity contribution in [3.8, 4) is 11.1 Å². The number of benzene rings is 1. The Balaban J connectivity index is 0.000000414. The summed E-state index contributed by atoms with van der Waals surface area (Å²) in [7, 11) is 4.30. The molecule has 1 aromatic heterocycles. The maximum atomic E-state index is 14.0. The van der Waals surface area contributed by atoms with Crippen LogP contribution in [-0.2, 0) is 13.5 Å². The van der Waals surface area contributed by atoms with Crippen molar-refractivity contribution in [3.63, 3.8) is 0 Å². The van der Waals surface area contributed by atoms with Crippen molar-refractivity contribution >= 4 is 17.6 Å². The van der Waals surface area contributed by atoms with Crippen LogP contribution in [0.25, 0.3) is 11.1 Å². The van der Waals surface area contributed by atoms with Gasteiger partial charge < -0.3 is 26.0 Å². The number of nitrogens with one attached hydrogen (secondary N) is 2. The van der Waals surface area contributed by atoms with E-state index in [4.69, 9.17) is 16.2 Å². The van der Waals surface area contributed by atoms with Gasteiger partial charge in [0.2, 0.25) is 0 Å². The van der Waals surface area contributed by atoms with E-state index in [9.17, 15) is 13.6 Å². The number of alkyl halides is 2. The third kappa shape index (κ3) is 7.87. The first-order valence-electron chi connectivity index (χ1n) is 14.8. The summed E-state index contributed by atoms with van der Waals surface area (Å²) in [6, 6.07) is 3.05. The molecule has 5 rings (SSSR count). The summed E-state index contributed by atoms with van der Waals surface area (Å²) in [5, 5.41) is 22.6. The van der Waals surface area contributed by atoms with E-state index in [2.05, 4.69) is 24.3 Å². The van der Waals surface area contributed by atoms with E-state index in [-0.39, 0.29) is 24.0 Å². The van der Waals surface area contributed by atoms with Crippen molar-refractivity contribution in [1.82, 2.24) is 20.0 Å². The van der Waals surface area contributed by atoms with Gasteiger partial charge in [0.25, 0.3) is 6.43 Å². The van der Waals surface area contributed by atoms with Crippen LogP contribution in [0, 0.1) is 17.2 Å². The zero-order chi connectivity index (χ0) is 31.0. The molecule has 0 spiro atoms. The third-order valence-electron chi connectivity index (χ3n) is 8.37. The average Bonchev–Trinajstić information content (AvgIpc) is 3.44. The molecule has 3 heterocycles. The zero-order valence-electron chi connectivity index (χ0n) is 25.6. The molecule has 5 N–H and O–H groups in total. The first-order valence-corrected chi connectivity index (χ1v) is 14.8. The topological polar surface area (TPSA) is 124 Å². The lowest BCUT2D eigenvalue weighted by atomic mass is 9.84. The van der Waals surface area contributed by atoms with Gasteiger partial charge in [-0.3, -0.25) is 10.1 Å². The monoisotopic (exact) mass is 587 g/mol. The Morgan fingerprint density at radius 3 is 2.31 bits per heavy atom. The van der Waals surface area contributed by atoms with Gasteiger partial charge in [0.05, 0.1) is 12.7 Å². The Morgan fingerprint density at radius 2 is 1.76 bits per heavy atom. The SMILES string of the molecule is CC1CCC(C)CC1.CNC(=O)N1CCC(N)=C(C(=N)N2CCCc3cc(-c4cnn(C)c4)c(C(F)F)cc32)C1.CO. The second kappa shape index (κ2) is 15.1. The van der Waals surface area contributed by atoms with E-state index in [1.54, 1.807) is 47.0 Å². The van der Waals surface area contributed by atoms with E-state index in [1.807, 2.05) is 0 Å². The number of halogens is 2. The molecular weight excluding hydrogens is 540 g/mol. The summed E-state index contributed by atoms with van der Waals surface area (Å²) in [5.74, 6) is 2.20. The highest BCUT2D eigenvalue weighted by molar-refractivity contribution is 6.09. The van der Waals surface area contributed by atoms with Gasteiger partial charge in [-0.15, -0.1) is 0 Å². The lowest BCUT2D eigenvalue weighted by molar-refractivity contribution is 0.152. The standard InChI is InChI=1S/C22H27F2N7O.C8H16.CH4O/c1-27-22(32)30-7-5-18(25)17(12-30)21(26)31-6-3-4-13-8-15(14-10-28-29(2)11-14)16(20(23)24)9-19(13)31;1-7-3-5-8(2)6-4-7;1-2/h8-11,20,26H,3-7,12,25H2,1-2H3,(H,27,32);7-8H,3-6H2,1-2H3;2H,1H3. The number of hydrogen-bond donors (Lipinski definition) is 4. The van der Waals surface area contributed by atoms with E-state index in [0.717, 1.165) is 37.4 Å². The number of amides is 2. The number of fused-ring (bicyclic) bond motifs is 1. The number of rotatable bonds is 3. The first kappa shape index (κ1) is 33.0. The maximum Gasteiger partial charge on any atom is 0.317 e. The van der Waals surface area contributed by atoms with Gasteiger partial charge in [0, 0.05) is 75.0 Å². The highest BCUT2D eigenvalue weighted by Gasteiger charge is 2.30. The summed E-state index contributed by atoms with van der Waals surface area (Å²) >= 11 is 0. The molecule has 1 fully saturated rings. The number of carbonyl (C=O) groups is 1. The highest BCUT2D eigenvalue weighted by Crippen LogP contribution is 2.39. The number of amidine groups is 1. The summed E-state index contributed by atoms with van der Waals surface area (Å²) in [4.78, 5) is 15.4. The van der Waals surface area contributed by atoms with Crippen LogP contribution < -0.4 is 16.0 Å². The molecule has 9 nitrogen and oxygen atoms in total. The van der Waals surface area contributed by atoms with Crippen molar-refractivity contribution in [2.75, 3.05) is 38.7 Å². The molecule has 232 valence electrons. The molecule has 1 saturated carbocycles. The molecular formula is C31H47F2N7O2. The summed E-state index contributed by atoms with van der Waals surface area (Å²) < 4.78 is 29.7. The third-order valence-corrected chi connectivity index (χ3v) is 8.37. The molecule has 1 aliphatic carbocycles. The molecule has 0 radical (unpaired) electrons. The molecule has 3 aliphatic rings. The number of carbonyl (C=O) groups excluding carboxylic acids is 1. The normalized spacial score (nSPS) is 20.2. The van der Waals surface area contributed by atoms with Crippen LogP contribution in [0.2, 0.25) is 0 Å². The number of urea groups is 1. The van der Waals surface area contributed by atoms with Crippen molar-refractivity contribution in [2.24, 2.45) is 24.6 Å². The minimum atomic E-state index is -2.67.